The molecule has 0 aliphatic heterocycles. The Kier molecular flexibility index (Phi) is 3.84. The maximum absolute atomic E-state index is 13.5. The fourth-order valence-electron chi connectivity index (χ4n) is 1.70. The van der Waals surface area contributed by atoms with Crippen LogP contribution in [0, 0.1) is 5.82 Å². The maximum atomic E-state index is 13.5. The molecule has 1 heterocycles. The Bertz CT molecular complexity index is 513. The smallest absolute Gasteiger partial charge is 0.141 e. The normalized spacial score (nSPS) is 10.8. The second kappa shape index (κ2) is 5.55. The summed E-state index contributed by atoms with van der Waals surface area (Å²) in [6.45, 7) is 1.13. The van der Waals surface area contributed by atoms with Gasteiger partial charge in [-0.05, 0) is 13.1 Å². The predicted octanol–water partition coefficient (Wildman–Crippen LogP) is 1.83. The van der Waals surface area contributed by atoms with E-state index in [-0.39, 0.29) is 5.82 Å². The highest BCUT2D eigenvalue weighted by molar-refractivity contribution is 5.23. The molecule has 2 N–H and O–H groups in total. The van der Waals surface area contributed by atoms with Gasteiger partial charge in [-0.1, -0.05) is 18.2 Å². The van der Waals surface area contributed by atoms with E-state index in [1.165, 1.54) is 12.3 Å². The van der Waals surface area contributed by atoms with Gasteiger partial charge in [-0.2, -0.15) is 0 Å². The molecule has 18 heavy (non-hydrogen) atoms. The number of aromatic nitrogens is 2. The average molecular weight is 246 g/mol. The fraction of sp³-hybridized carbons (Fsp3) is 0.231. The standard InChI is InChI=1S/C13H15FN4/c1-18(8-10-4-2-3-5-12(10)14)9-11-6-17-13(15)7-16-11/h2-7H,8-9H2,1H3,(H2,15,17). The molecule has 0 saturated heterocycles. The summed E-state index contributed by atoms with van der Waals surface area (Å²) in [5.74, 6) is 0.211. The van der Waals surface area contributed by atoms with Crippen molar-refractivity contribution >= 4 is 5.82 Å². The molecule has 0 saturated carbocycles. The van der Waals surface area contributed by atoms with Crippen LogP contribution in [0.15, 0.2) is 36.7 Å². The highest BCUT2D eigenvalue weighted by Crippen LogP contribution is 2.10. The quantitative estimate of drug-likeness (QED) is 0.894. The summed E-state index contributed by atoms with van der Waals surface area (Å²) in [6, 6.07) is 6.76. The van der Waals surface area contributed by atoms with Crippen molar-refractivity contribution in [2.75, 3.05) is 12.8 Å². The lowest BCUT2D eigenvalue weighted by Gasteiger charge is -2.16. The lowest BCUT2D eigenvalue weighted by molar-refractivity contribution is 0.309. The molecular weight excluding hydrogens is 231 g/mol. The van der Waals surface area contributed by atoms with Gasteiger partial charge in [0.15, 0.2) is 0 Å². The molecule has 0 unspecified atom stereocenters. The molecule has 0 atom stereocenters. The topological polar surface area (TPSA) is 55.0 Å². The number of hydrogen-bond donors (Lipinski definition) is 1. The molecule has 1 aromatic heterocycles. The molecule has 0 fully saturated rings. The zero-order valence-corrected chi connectivity index (χ0v) is 10.2. The van der Waals surface area contributed by atoms with Gasteiger partial charge in [0, 0.05) is 18.7 Å². The van der Waals surface area contributed by atoms with Crippen LogP contribution >= 0.6 is 0 Å². The maximum Gasteiger partial charge on any atom is 0.141 e. The SMILES string of the molecule is CN(Cc1cnc(N)cn1)Cc1ccccc1F. The monoisotopic (exact) mass is 246 g/mol. The Balaban J connectivity index is 1.99. The number of rotatable bonds is 4. The summed E-state index contributed by atoms with van der Waals surface area (Å²) in [5, 5.41) is 0. The van der Waals surface area contributed by atoms with Crippen LogP contribution in [-0.4, -0.2) is 21.9 Å². The number of anilines is 1. The van der Waals surface area contributed by atoms with Crippen molar-refractivity contribution in [1.82, 2.24) is 14.9 Å². The van der Waals surface area contributed by atoms with Crippen LogP contribution in [-0.2, 0) is 13.1 Å². The molecule has 1 aromatic carbocycles. The Morgan fingerprint density at radius 2 is 1.94 bits per heavy atom. The molecular formula is C13H15FN4. The van der Waals surface area contributed by atoms with Crippen molar-refractivity contribution in [3.63, 3.8) is 0 Å². The van der Waals surface area contributed by atoms with Crippen LogP contribution in [0.1, 0.15) is 11.3 Å². The van der Waals surface area contributed by atoms with Gasteiger partial charge in [0.05, 0.1) is 18.1 Å². The van der Waals surface area contributed by atoms with Gasteiger partial charge < -0.3 is 5.73 Å². The largest absolute Gasteiger partial charge is 0.382 e. The van der Waals surface area contributed by atoms with Gasteiger partial charge in [0.25, 0.3) is 0 Å². The summed E-state index contributed by atoms with van der Waals surface area (Å²) in [7, 11) is 1.91. The number of benzene rings is 1. The molecule has 0 amide bonds. The van der Waals surface area contributed by atoms with Crippen LogP contribution in [0.25, 0.3) is 0 Å². The number of nitrogen functional groups attached to an aromatic ring is 1. The number of halogens is 1. The van der Waals surface area contributed by atoms with Crippen molar-refractivity contribution in [1.29, 1.82) is 0 Å². The Labute approximate surface area is 105 Å². The second-order valence-electron chi connectivity index (χ2n) is 4.20. The molecule has 2 aromatic rings. The third-order valence-electron chi connectivity index (χ3n) is 2.56. The van der Waals surface area contributed by atoms with Crippen molar-refractivity contribution in [3.05, 3.63) is 53.7 Å². The minimum atomic E-state index is -0.187. The summed E-state index contributed by atoms with van der Waals surface area (Å²) in [6.07, 6.45) is 3.15. The van der Waals surface area contributed by atoms with Crippen molar-refractivity contribution in [3.8, 4) is 0 Å². The van der Waals surface area contributed by atoms with Crippen molar-refractivity contribution in [2.45, 2.75) is 13.1 Å². The Morgan fingerprint density at radius 3 is 2.61 bits per heavy atom. The first-order valence-corrected chi connectivity index (χ1v) is 5.63. The minimum absolute atomic E-state index is 0.187. The van der Waals surface area contributed by atoms with E-state index >= 15 is 0 Å². The van der Waals surface area contributed by atoms with E-state index in [9.17, 15) is 4.39 Å². The van der Waals surface area contributed by atoms with Crippen LogP contribution < -0.4 is 5.73 Å². The van der Waals surface area contributed by atoms with Crippen LogP contribution in [0.2, 0.25) is 0 Å². The Hall–Kier alpha value is -2.01. The molecule has 0 bridgehead atoms. The first-order valence-electron chi connectivity index (χ1n) is 5.63. The van der Waals surface area contributed by atoms with Gasteiger partial charge in [0.1, 0.15) is 11.6 Å². The molecule has 5 heteroatoms. The third kappa shape index (κ3) is 3.24. The average Bonchev–Trinajstić information content (AvgIpc) is 2.35. The molecule has 94 valence electrons. The number of nitrogens with zero attached hydrogens (tertiary/aromatic N) is 3. The fourth-order valence-corrected chi connectivity index (χ4v) is 1.70. The van der Waals surface area contributed by atoms with E-state index in [1.807, 2.05) is 18.0 Å². The van der Waals surface area contributed by atoms with Crippen molar-refractivity contribution < 1.29 is 4.39 Å². The molecule has 2 rings (SSSR count). The van der Waals surface area contributed by atoms with E-state index in [4.69, 9.17) is 5.73 Å². The highest BCUT2D eigenvalue weighted by Gasteiger charge is 2.06. The molecule has 0 radical (unpaired) electrons. The van der Waals surface area contributed by atoms with Crippen molar-refractivity contribution in [2.24, 2.45) is 0 Å². The number of nitrogens with two attached hydrogens (primary N) is 1. The lowest BCUT2D eigenvalue weighted by atomic mass is 10.2. The van der Waals surface area contributed by atoms with E-state index < -0.39 is 0 Å². The zero-order valence-electron chi connectivity index (χ0n) is 10.2. The Morgan fingerprint density at radius 1 is 1.17 bits per heavy atom. The van der Waals surface area contributed by atoms with Gasteiger partial charge >= 0.3 is 0 Å². The zero-order chi connectivity index (χ0) is 13.0. The molecule has 0 aliphatic carbocycles. The van der Waals surface area contributed by atoms with E-state index in [0.717, 1.165) is 5.69 Å². The minimum Gasteiger partial charge on any atom is -0.382 e. The van der Waals surface area contributed by atoms with Gasteiger partial charge in [-0.15, -0.1) is 0 Å². The first-order chi connectivity index (χ1) is 8.65. The van der Waals surface area contributed by atoms with Crippen LogP contribution in [0.4, 0.5) is 10.2 Å². The van der Waals surface area contributed by atoms with E-state index in [1.54, 1.807) is 18.3 Å². The van der Waals surface area contributed by atoms with E-state index in [0.29, 0.717) is 24.5 Å². The first kappa shape index (κ1) is 12.4. The van der Waals surface area contributed by atoms with Gasteiger partial charge in [-0.3, -0.25) is 9.88 Å². The van der Waals surface area contributed by atoms with Gasteiger partial charge in [-0.25, -0.2) is 9.37 Å². The van der Waals surface area contributed by atoms with E-state index in [2.05, 4.69) is 9.97 Å². The van der Waals surface area contributed by atoms with Crippen LogP contribution in [0.3, 0.4) is 0 Å². The summed E-state index contributed by atoms with van der Waals surface area (Å²) < 4.78 is 13.5. The third-order valence-corrected chi connectivity index (χ3v) is 2.56. The summed E-state index contributed by atoms with van der Waals surface area (Å²) in [4.78, 5) is 10.1. The second-order valence-corrected chi connectivity index (χ2v) is 4.20. The predicted molar refractivity (Wildman–Crippen MR) is 68.0 cm³/mol. The summed E-state index contributed by atoms with van der Waals surface area (Å²) >= 11 is 0. The highest BCUT2D eigenvalue weighted by atomic mass is 19.1. The summed E-state index contributed by atoms with van der Waals surface area (Å²) in [5.41, 5.74) is 6.94. The molecule has 0 aliphatic rings. The molecule has 0 spiro atoms. The molecule has 4 nitrogen and oxygen atoms in total. The van der Waals surface area contributed by atoms with Crippen LogP contribution in [0.5, 0.6) is 0 Å². The van der Waals surface area contributed by atoms with Gasteiger partial charge in [0.2, 0.25) is 0 Å². The number of hydrogen-bond acceptors (Lipinski definition) is 4. The lowest BCUT2D eigenvalue weighted by Crippen LogP contribution is -2.19.